The fourth-order valence-electron chi connectivity index (χ4n) is 1.79. The summed E-state index contributed by atoms with van der Waals surface area (Å²) < 4.78 is 1.62. The van der Waals surface area contributed by atoms with Crippen molar-refractivity contribution in [1.82, 2.24) is 9.78 Å². The summed E-state index contributed by atoms with van der Waals surface area (Å²) in [5, 5.41) is 6.80. The van der Waals surface area contributed by atoms with E-state index in [-0.39, 0.29) is 5.91 Å². The Labute approximate surface area is 106 Å². The monoisotopic (exact) mass is 244 g/mol. The van der Waals surface area contributed by atoms with Crippen LogP contribution in [0.1, 0.15) is 11.1 Å². The lowest BCUT2D eigenvalue weighted by molar-refractivity contribution is -0.115. The number of hydrogen-bond donors (Lipinski definition) is 2. The lowest BCUT2D eigenvalue weighted by Crippen LogP contribution is -2.18. The van der Waals surface area contributed by atoms with Crippen molar-refractivity contribution < 1.29 is 4.79 Å². The van der Waals surface area contributed by atoms with Gasteiger partial charge in [-0.1, -0.05) is 24.3 Å². The van der Waals surface area contributed by atoms with E-state index in [1.54, 1.807) is 24.0 Å². The predicted molar refractivity (Wildman–Crippen MR) is 69.9 cm³/mol. The highest BCUT2D eigenvalue weighted by molar-refractivity contribution is 5.91. The highest BCUT2D eigenvalue weighted by Crippen LogP contribution is 2.10. The Hall–Kier alpha value is -2.14. The molecule has 0 fully saturated rings. The van der Waals surface area contributed by atoms with Crippen LogP contribution >= 0.6 is 0 Å². The molecule has 1 amide bonds. The van der Waals surface area contributed by atoms with Crippen LogP contribution in [0.4, 0.5) is 5.82 Å². The molecule has 0 bridgehead atoms. The largest absolute Gasteiger partial charge is 0.326 e. The lowest BCUT2D eigenvalue weighted by Gasteiger charge is -2.08. The van der Waals surface area contributed by atoms with E-state index >= 15 is 0 Å². The third-order valence-corrected chi connectivity index (χ3v) is 2.78. The van der Waals surface area contributed by atoms with Crippen molar-refractivity contribution >= 4 is 11.7 Å². The van der Waals surface area contributed by atoms with Gasteiger partial charge in [-0.15, -0.1) is 0 Å². The third-order valence-electron chi connectivity index (χ3n) is 2.78. The first-order chi connectivity index (χ1) is 8.70. The first kappa shape index (κ1) is 12.3. The van der Waals surface area contributed by atoms with Gasteiger partial charge in [-0.3, -0.25) is 9.48 Å². The molecule has 18 heavy (non-hydrogen) atoms. The fourth-order valence-corrected chi connectivity index (χ4v) is 1.79. The maximum Gasteiger partial charge on any atom is 0.229 e. The Morgan fingerprint density at radius 3 is 2.67 bits per heavy atom. The van der Waals surface area contributed by atoms with E-state index in [1.165, 1.54) is 0 Å². The zero-order valence-electron chi connectivity index (χ0n) is 10.3. The van der Waals surface area contributed by atoms with Crippen LogP contribution in [0.3, 0.4) is 0 Å². The molecule has 5 heteroatoms. The number of benzene rings is 1. The average molecular weight is 244 g/mol. The van der Waals surface area contributed by atoms with Gasteiger partial charge in [0.25, 0.3) is 0 Å². The Balaban J connectivity index is 2.05. The van der Waals surface area contributed by atoms with Gasteiger partial charge in [0.15, 0.2) is 0 Å². The normalized spacial score (nSPS) is 10.3. The molecule has 0 saturated heterocycles. The van der Waals surface area contributed by atoms with Gasteiger partial charge in [-0.2, -0.15) is 5.10 Å². The Morgan fingerprint density at radius 1 is 1.33 bits per heavy atom. The summed E-state index contributed by atoms with van der Waals surface area (Å²) in [5.74, 6) is 0.615. The van der Waals surface area contributed by atoms with E-state index in [4.69, 9.17) is 5.73 Å². The Bertz CT molecular complexity index is 547. The van der Waals surface area contributed by atoms with Crippen molar-refractivity contribution in [1.29, 1.82) is 0 Å². The summed E-state index contributed by atoms with van der Waals surface area (Å²) in [4.78, 5) is 11.9. The summed E-state index contributed by atoms with van der Waals surface area (Å²) in [6.07, 6.45) is 1.96. The van der Waals surface area contributed by atoms with E-state index in [9.17, 15) is 4.79 Å². The van der Waals surface area contributed by atoms with E-state index < -0.39 is 0 Å². The zero-order chi connectivity index (χ0) is 13.0. The lowest BCUT2D eigenvalue weighted by atomic mass is 10.0. The fraction of sp³-hybridized carbons (Fsp3) is 0.231. The highest BCUT2D eigenvalue weighted by atomic mass is 16.1. The van der Waals surface area contributed by atoms with Crippen LogP contribution in [0.5, 0.6) is 0 Å². The summed E-state index contributed by atoms with van der Waals surface area (Å²) >= 11 is 0. The minimum Gasteiger partial charge on any atom is -0.326 e. The molecule has 0 aliphatic rings. The average Bonchev–Trinajstić information content (AvgIpc) is 2.75. The molecule has 0 radical (unpaired) electrons. The molecule has 2 rings (SSSR count). The molecule has 1 heterocycles. The summed E-state index contributed by atoms with van der Waals surface area (Å²) in [5.41, 5.74) is 7.60. The first-order valence-corrected chi connectivity index (χ1v) is 5.75. The molecule has 1 aromatic heterocycles. The second kappa shape index (κ2) is 5.46. The van der Waals surface area contributed by atoms with Crippen molar-refractivity contribution in [2.24, 2.45) is 12.8 Å². The van der Waals surface area contributed by atoms with E-state index in [2.05, 4.69) is 10.4 Å². The molecule has 2 aromatic rings. The Morgan fingerprint density at radius 2 is 2.06 bits per heavy atom. The van der Waals surface area contributed by atoms with Gasteiger partial charge in [0.2, 0.25) is 5.91 Å². The maximum absolute atomic E-state index is 11.9. The van der Waals surface area contributed by atoms with E-state index in [0.29, 0.717) is 18.8 Å². The number of carbonyl (C=O) groups is 1. The molecule has 94 valence electrons. The van der Waals surface area contributed by atoms with Gasteiger partial charge in [-0.25, -0.2) is 0 Å². The van der Waals surface area contributed by atoms with Crippen LogP contribution in [0.15, 0.2) is 36.5 Å². The van der Waals surface area contributed by atoms with Gasteiger partial charge in [0, 0.05) is 19.7 Å². The third kappa shape index (κ3) is 2.75. The Kier molecular flexibility index (Phi) is 3.74. The number of hydrogen-bond acceptors (Lipinski definition) is 3. The molecule has 5 nitrogen and oxygen atoms in total. The number of aromatic nitrogens is 2. The minimum atomic E-state index is -0.0699. The van der Waals surface area contributed by atoms with E-state index in [0.717, 1.165) is 11.1 Å². The number of carbonyl (C=O) groups excluding carboxylic acids is 1. The second-order valence-corrected chi connectivity index (χ2v) is 4.04. The van der Waals surface area contributed by atoms with Crippen LogP contribution in [0, 0.1) is 0 Å². The van der Waals surface area contributed by atoms with Crippen molar-refractivity contribution in [2.45, 2.75) is 13.0 Å². The number of rotatable bonds is 4. The quantitative estimate of drug-likeness (QED) is 0.844. The van der Waals surface area contributed by atoms with Crippen LogP contribution in [0.25, 0.3) is 0 Å². The molecule has 0 aliphatic carbocycles. The second-order valence-electron chi connectivity index (χ2n) is 4.04. The summed E-state index contributed by atoms with van der Waals surface area (Å²) in [6, 6.07) is 9.45. The van der Waals surface area contributed by atoms with E-state index in [1.807, 2.05) is 24.3 Å². The van der Waals surface area contributed by atoms with Crippen molar-refractivity contribution in [3.63, 3.8) is 0 Å². The van der Waals surface area contributed by atoms with Gasteiger partial charge in [0.05, 0.1) is 12.6 Å². The molecular weight excluding hydrogens is 228 g/mol. The number of nitrogens with one attached hydrogen (secondary N) is 1. The maximum atomic E-state index is 11.9. The SMILES string of the molecule is Cn1nccc1NC(=O)Cc1ccccc1CN. The number of amides is 1. The summed E-state index contributed by atoms with van der Waals surface area (Å²) in [7, 11) is 1.78. The molecule has 3 N–H and O–H groups in total. The molecule has 0 saturated carbocycles. The van der Waals surface area contributed by atoms with Gasteiger partial charge in [-0.05, 0) is 11.1 Å². The standard InChI is InChI=1S/C13H16N4O/c1-17-12(6-7-15-17)16-13(18)8-10-4-2-3-5-11(10)9-14/h2-7H,8-9,14H2,1H3,(H,16,18). The predicted octanol–water partition coefficient (Wildman–Crippen LogP) is 1.06. The topological polar surface area (TPSA) is 72.9 Å². The summed E-state index contributed by atoms with van der Waals surface area (Å²) in [6.45, 7) is 0.440. The van der Waals surface area contributed by atoms with Crippen LogP contribution in [-0.2, 0) is 24.8 Å². The van der Waals surface area contributed by atoms with Gasteiger partial charge >= 0.3 is 0 Å². The molecular formula is C13H16N4O. The minimum absolute atomic E-state index is 0.0699. The highest BCUT2D eigenvalue weighted by Gasteiger charge is 2.08. The van der Waals surface area contributed by atoms with Crippen molar-refractivity contribution in [2.75, 3.05) is 5.32 Å². The first-order valence-electron chi connectivity index (χ1n) is 5.75. The molecule has 1 aromatic carbocycles. The smallest absolute Gasteiger partial charge is 0.229 e. The zero-order valence-corrected chi connectivity index (χ0v) is 10.3. The molecule has 0 spiro atoms. The van der Waals surface area contributed by atoms with Crippen LogP contribution < -0.4 is 11.1 Å². The van der Waals surface area contributed by atoms with Gasteiger partial charge < -0.3 is 11.1 Å². The number of aryl methyl sites for hydroxylation is 1. The molecule has 0 aliphatic heterocycles. The molecule has 0 unspecified atom stereocenters. The van der Waals surface area contributed by atoms with Crippen LogP contribution in [-0.4, -0.2) is 15.7 Å². The van der Waals surface area contributed by atoms with Crippen molar-refractivity contribution in [3.8, 4) is 0 Å². The van der Waals surface area contributed by atoms with Crippen molar-refractivity contribution in [3.05, 3.63) is 47.7 Å². The molecule has 0 atom stereocenters. The number of nitrogens with zero attached hydrogens (tertiary/aromatic N) is 2. The number of nitrogens with two attached hydrogens (primary N) is 1. The van der Waals surface area contributed by atoms with Crippen LogP contribution in [0.2, 0.25) is 0 Å². The van der Waals surface area contributed by atoms with Gasteiger partial charge in [0.1, 0.15) is 5.82 Å². The number of anilines is 1.